The van der Waals surface area contributed by atoms with Crippen LogP contribution in [0.2, 0.25) is 0 Å². The summed E-state index contributed by atoms with van der Waals surface area (Å²) < 4.78 is 0. The lowest BCUT2D eigenvalue weighted by Crippen LogP contribution is -2.49. The Kier molecular flexibility index (Phi) is 7.02. The molecule has 2 saturated heterocycles. The number of carbonyl (C=O) groups excluding carboxylic acids is 2. The zero-order valence-electron chi connectivity index (χ0n) is 17.3. The van der Waals surface area contributed by atoms with E-state index in [2.05, 4.69) is 39.8 Å². The minimum absolute atomic E-state index is 0.0122. The molecule has 0 spiro atoms. The molecule has 3 amide bonds. The maximum Gasteiger partial charge on any atom is 0.322 e. The first-order valence-electron chi connectivity index (χ1n) is 10.8. The van der Waals surface area contributed by atoms with Gasteiger partial charge in [-0.2, -0.15) is 0 Å². The van der Waals surface area contributed by atoms with Crippen molar-refractivity contribution in [2.75, 3.05) is 31.5 Å². The third-order valence-corrected chi connectivity index (χ3v) is 6.87. The van der Waals surface area contributed by atoms with Crippen molar-refractivity contribution in [2.45, 2.75) is 38.3 Å². The number of urea groups is 1. The van der Waals surface area contributed by atoms with Crippen molar-refractivity contribution in [1.82, 2.24) is 15.1 Å². The number of anilines is 1. The van der Waals surface area contributed by atoms with E-state index in [0.29, 0.717) is 13.1 Å². The molecular formula is C23H30N4O2S. The van der Waals surface area contributed by atoms with Gasteiger partial charge < -0.3 is 10.2 Å². The van der Waals surface area contributed by atoms with E-state index >= 15 is 0 Å². The second-order valence-electron chi connectivity index (χ2n) is 8.21. The van der Waals surface area contributed by atoms with E-state index in [1.165, 1.54) is 16.9 Å². The molecule has 0 atom stereocenters. The molecule has 4 rings (SSSR count). The Labute approximate surface area is 182 Å². The highest BCUT2D eigenvalue weighted by molar-refractivity contribution is 7.14. The molecule has 2 aliphatic rings. The fourth-order valence-electron chi connectivity index (χ4n) is 4.27. The summed E-state index contributed by atoms with van der Waals surface area (Å²) in [5.41, 5.74) is 1.34. The van der Waals surface area contributed by atoms with Gasteiger partial charge in [0.1, 0.15) is 0 Å². The van der Waals surface area contributed by atoms with E-state index in [0.717, 1.165) is 50.3 Å². The van der Waals surface area contributed by atoms with Gasteiger partial charge in [0, 0.05) is 44.7 Å². The van der Waals surface area contributed by atoms with Crippen LogP contribution in [-0.2, 0) is 11.3 Å². The summed E-state index contributed by atoms with van der Waals surface area (Å²) in [6, 6.07) is 14.6. The largest absolute Gasteiger partial charge is 0.353 e. The van der Waals surface area contributed by atoms with Crippen LogP contribution in [0.15, 0.2) is 47.8 Å². The average Bonchev–Trinajstić information content (AvgIpc) is 3.29. The average molecular weight is 427 g/mol. The molecule has 0 radical (unpaired) electrons. The van der Waals surface area contributed by atoms with Crippen molar-refractivity contribution in [2.24, 2.45) is 5.92 Å². The maximum atomic E-state index is 12.7. The minimum Gasteiger partial charge on any atom is -0.353 e. The maximum absolute atomic E-state index is 12.7. The Hall–Kier alpha value is -2.38. The van der Waals surface area contributed by atoms with E-state index < -0.39 is 0 Å². The van der Waals surface area contributed by atoms with Crippen molar-refractivity contribution in [1.29, 1.82) is 0 Å². The molecule has 2 aromatic rings. The van der Waals surface area contributed by atoms with E-state index in [1.54, 1.807) is 0 Å². The zero-order valence-corrected chi connectivity index (χ0v) is 18.1. The third-order valence-electron chi connectivity index (χ3n) is 6.09. The number of amides is 3. The van der Waals surface area contributed by atoms with Crippen LogP contribution in [0.1, 0.15) is 31.2 Å². The molecule has 0 bridgehead atoms. The molecule has 160 valence electrons. The normalized spacial score (nSPS) is 18.9. The smallest absolute Gasteiger partial charge is 0.322 e. The van der Waals surface area contributed by atoms with E-state index in [9.17, 15) is 9.59 Å². The molecule has 2 N–H and O–H groups in total. The number of thiophene rings is 1. The molecule has 1 aromatic heterocycles. The summed E-state index contributed by atoms with van der Waals surface area (Å²) in [6.07, 6.45) is 3.47. The summed E-state index contributed by atoms with van der Waals surface area (Å²) in [6.45, 7) is 4.27. The number of likely N-dealkylation sites (tertiary alicyclic amines) is 2. The molecule has 0 unspecified atom stereocenters. The predicted octanol–water partition coefficient (Wildman–Crippen LogP) is 3.77. The van der Waals surface area contributed by atoms with Gasteiger partial charge in [0.2, 0.25) is 5.91 Å². The van der Waals surface area contributed by atoms with Crippen LogP contribution in [0.3, 0.4) is 0 Å². The summed E-state index contributed by atoms with van der Waals surface area (Å²) in [5, 5.41) is 9.00. The first-order valence-corrected chi connectivity index (χ1v) is 11.7. The molecule has 3 heterocycles. The Balaban J connectivity index is 1.16. The third kappa shape index (κ3) is 5.61. The van der Waals surface area contributed by atoms with E-state index in [1.807, 2.05) is 28.5 Å². The SMILES string of the molecule is O=C(NC1CCN(Cc2ccccc2)CC1)C1CCN(C(=O)Nc2cccs2)CC1. The summed E-state index contributed by atoms with van der Waals surface area (Å²) >= 11 is 1.51. The Bertz CT molecular complexity index is 811. The number of hydrogen-bond donors (Lipinski definition) is 2. The first-order chi connectivity index (χ1) is 14.7. The predicted molar refractivity (Wildman–Crippen MR) is 121 cm³/mol. The van der Waals surface area contributed by atoms with Gasteiger partial charge in [-0.1, -0.05) is 30.3 Å². The molecule has 6 nitrogen and oxygen atoms in total. The lowest BCUT2D eigenvalue weighted by Gasteiger charge is -2.35. The zero-order chi connectivity index (χ0) is 20.8. The van der Waals surface area contributed by atoms with Crippen LogP contribution in [0.5, 0.6) is 0 Å². The number of piperidine rings is 2. The van der Waals surface area contributed by atoms with Crippen molar-refractivity contribution in [3.8, 4) is 0 Å². The number of nitrogens with one attached hydrogen (secondary N) is 2. The second-order valence-corrected chi connectivity index (χ2v) is 9.16. The molecule has 7 heteroatoms. The Morgan fingerprint density at radius 3 is 2.33 bits per heavy atom. The van der Waals surface area contributed by atoms with Gasteiger partial charge in [0.25, 0.3) is 0 Å². The van der Waals surface area contributed by atoms with Gasteiger partial charge in [-0.15, -0.1) is 11.3 Å². The molecule has 30 heavy (non-hydrogen) atoms. The van der Waals surface area contributed by atoms with Crippen molar-refractivity contribution < 1.29 is 9.59 Å². The van der Waals surface area contributed by atoms with Crippen LogP contribution in [-0.4, -0.2) is 54.0 Å². The van der Waals surface area contributed by atoms with Gasteiger partial charge in [-0.3, -0.25) is 15.0 Å². The number of rotatable bonds is 5. The van der Waals surface area contributed by atoms with Gasteiger partial charge in [-0.25, -0.2) is 4.79 Å². The number of carbonyl (C=O) groups is 2. The monoisotopic (exact) mass is 426 g/mol. The van der Waals surface area contributed by atoms with Gasteiger partial charge in [0.05, 0.1) is 5.00 Å². The summed E-state index contributed by atoms with van der Waals surface area (Å²) in [5.74, 6) is 0.174. The van der Waals surface area contributed by atoms with E-state index in [4.69, 9.17) is 0 Å². The van der Waals surface area contributed by atoms with Crippen molar-refractivity contribution >= 4 is 28.3 Å². The molecule has 0 aliphatic carbocycles. The van der Waals surface area contributed by atoms with Gasteiger partial charge in [-0.05, 0) is 48.8 Å². The fraction of sp³-hybridized carbons (Fsp3) is 0.478. The van der Waals surface area contributed by atoms with Crippen LogP contribution >= 0.6 is 11.3 Å². The van der Waals surface area contributed by atoms with Crippen LogP contribution in [0, 0.1) is 5.92 Å². The Morgan fingerprint density at radius 2 is 1.67 bits per heavy atom. The van der Waals surface area contributed by atoms with Crippen LogP contribution in [0.25, 0.3) is 0 Å². The van der Waals surface area contributed by atoms with E-state index in [-0.39, 0.29) is 23.9 Å². The Morgan fingerprint density at radius 1 is 0.933 bits per heavy atom. The number of benzene rings is 1. The summed E-state index contributed by atoms with van der Waals surface area (Å²) in [7, 11) is 0. The standard InChI is InChI=1S/C23H30N4O2S/c28-22(19-8-14-27(15-9-19)23(29)25-21-7-4-16-30-21)24-20-10-12-26(13-11-20)17-18-5-2-1-3-6-18/h1-7,16,19-20H,8-15,17H2,(H,24,28)(H,25,29). The second kappa shape index (κ2) is 10.1. The first kappa shape index (κ1) is 20.9. The van der Waals surface area contributed by atoms with Crippen molar-refractivity contribution in [3.63, 3.8) is 0 Å². The highest BCUT2D eigenvalue weighted by atomic mass is 32.1. The van der Waals surface area contributed by atoms with Crippen LogP contribution in [0.4, 0.5) is 9.80 Å². The molecule has 2 aliphatic heterocycles. The molecular weight excluding hydrogens is 396 g/mol. The molecule has 0 saturated carbocycles. The quantitative estimate of drug-likeness (QED) is 0.765. The minimum atomic E-state index is -0.0675. The molecule has 1 aromatic carbocycles. The lowest BCUT2D eigenvalue weighted by molar-refractivity contribution is -0.127. The van der Waals surface area contributed by atoms with Gasteiger partial charge >= 0.3 is 6.03 Å². The number of hydrogen-bond acceptors (Lipinski definition) is 4. The molecule has 2 fully saturated rings. The van der Waals surface area contributed by atoms with Crippen molar-refractivity contribution in [3.05, 3.63) is 53.4 Å². The number of nitrogens with zero attached hydrogens (tertiary/aromatic N) is 2. The van der Waals surface area contributed by atoms with Gasteiger partial charge in [0.15, 0.2) is 0 Å². The fourth-order valence-corrected chi connectivity index (χ4v) is 4.88. The van der Waals surface area contributed by atoms with Crippen LogP contribution < -0.4 is 10.6 Å². The summed E-state index contributed by atoms with van der Waals surface area (Å²) in [4.78, 5) is 29.3. The highest BCUT2D eigenvalue weighted by Crippen LogP contribution is 2.21. The topological polar surface area (TPSA) is 64.7 Å². The lowest BCUT2D eigenvalue weighted by atomic mass is 9.95. The highest BCUT2D eigenvalue weighted by Gasteiger charge is 2.29.